The Morgan fingerprint density at radius 2 is 1.40 bits per heavy atom. The van der Waals surface area contributed by atoms with Crippen molar-refractivity contribution in [3.05, 3.63) is 95.7 Å². The number of H-pyrrole nitrogens is 1. The van der Waals surface area contributed by atoms with Crippen LogP contribution in [0.2, 0.25) is 0 Å². The van der Waals surface area contributed by atoms with Crippen LogP contribution in [0.1, 0.15) is 22.7 Å². The topological polar surface area (TPSA) is 34.6 Å². The average molecular weight is 393 g/mol. The molecule has 1 aromatic heterocycles. The summed E-state index contributed by atoms with van der Waals surface area (Å²) in [6, 6.07) is 26.5. The minimum atomic E-state index is 0.358. The van der Waals surface area contributed by atoms with Gasteiger partial charge in [-0.2, -0.15) is 5.10 Å². The molecule has 4 heteroatoms. The lowest BCUT2D eigenvalue weighted by Gasteiger charge is -2.37. The van der Waals surface area contributed by atoms with Crippen LogP contribution in [0, 0.1) is 0 Å². The number of para-hydroxylation sites is 1. The van der Waals surface area contributed by atoms with Crippen molar-refractivity contribution in [2.75, 3.05) is 26.2 Å². The zero-order chi connectivity index (χ0) is 19.9. The van der Waals surface area contributed by atoms with Gasteiger partial charge in [-0.25, -0.2) is 0 Å². The summed E-state index contributed by atoms with van der Waals surface area (Å²) in [5.41, 5.74) is 7.95. The third-order valence-electron chi connectivity index (χ3n) is 6.44. The third kappa shape index (κ3) is 2.84. The highest BCUT2D eigenvalue weighted by Gasteiger charge is 2.33. The second kappa shape index (κ2) is 7.15. The lowest BCUT2D eigenvalue weighted by molar-refractivity contribution is 0.114. The Hall–Kier alpha value is -3.37. The second-order valence-electron chi connectivity index (χ2n) is 8.10. The van der Waals surface area contributed by atoms with E-state index in [0.717, 1.165) is 37.3 Å². The molecule has 148 valence electrons. The van der Waals surface area contributed by atoms with Crippen molar-refractivity contribution in [2.45, 2.75) is 6.04 Å². The molecule has 1 saturated heterocycles. The molecule has 3 aromatic carbocycles. The molecule has 30 heavy (non-hydrogen) atoms. The molecule has 2 aliphatic rings. The Morgan fingerprint density at radius 3 is 2.13 bits per heavy atom. The van der Waals surface area contributed by atoms with Crippen LogP contribution < -0.4 is 0 Å². The molecule has 4 aromatic rings. The number of nitrogens with one attached hydrogen (secondary N) is 1. The summed E-state index contributed by atoms with van der Waals surface area (Å²) in [5.74, 6) is 0. The number of nitrogens with zero attached hydrogens (tertiary/aromatic N) is 3. The first-order chi connectivity index (χ1) is 14.9. The zero-order valence-corrected chi connectivity index (χ0v) is 16.8. The average Bonchev–Trinajstić information content (AvgIpc) is 3.37. The smallest absolute Gasteiger partial charge is 0.0615 e. The molecular weight excluding hydrogens is 368 g/mol. The lowest BCUT2D eigenvalue weighted by atomic mass is 10.0. The molecule has 0 atom stereocenters. The maximum atomic E-state index is 4.79. The summed E-state index contributed by atoms with van der Waals surface area (Å²) in [5, 5.41) is 8.21. The third-order valence-corrected chi connectivity index (χ3v) is 6.44. The quantitative estimate of drug-likeness (QED) is 0.504. The van der Waals surface area contributed by atoms with Crippen molar-refractivity contribution >= 4 is 17.1 Å². The van der Waals surface area contributed by atoms with E-state index < -0.39 is 0 Å². The molecule has 6 rings (SSSR count). The number of hydrogen-bond donors (Lipinski definition) is 1. The number of hydrazone groups is 1. The Balaban J connectivity index is 1.20. The Kier molecular flexibility index (Phi) is 4.17. The number of aromatic amines is 1. The van der Waals surface area contributed by atoms with Crippen molar-refractivity contribution in [3.8, 4) is 11.1 Å². The van der Waals surface area contributed by atoms with Crippen LogP contribution in [0.25, 0.3) is 22.0 Å². The molecule has 0 radical (unpaired) electrons. The van der Waals surface area contributed by atoms with Gasteiger partial charge in [-0.15, -0.1) is 0 Å². The van der Waals surface area contributed by atoms with Crippen LogP contribution in [0.15, 0.2) is 84.1 Å². The molecule has 1 aliphatic heterocycles. The number of fused-ring (bicyclic) bond motifs is 4. The molecule has 0 unspecified atom stereocenters. The van der Waals surface area contributed by atoms with Gasteiger partial charge in [-0.1, -0.05) is 66.7 Å². The van der Waals surface area contributed by atoms with Crippen LogP contribution in [0.3, 0.4) is 0 Å². The number of hydrogen-bond acceptors (Lipinski definition) is 3. The van der Waals surface area contributed by atoms with Crippen LogP contribution >= 0.6 is 0 Å². The molecule has 0 spiro atoms. The minimum absolute atomic E-state index is 0.358. The van der Waals surface area contributed by atoms with Gasteiger partial charge in [0.1, 0.15) is 0 Å². The van der Waals surface area contributed by atoms with E-state index in [2.05, 4.69) is 87.7 Å². The highest BCUT2D eigenvalue weighted by atomic mass is 15.5. The van der Waals surface area contributed by atoms with Gasteiger partial charge in [0.15, 0.2) is 0 Å². The van der Waals surface area contributed by atoms with Crippen LogP contribution in [-0.4, -0.2) is 47.3 Å². The maximum absolute atomic E-state index is 4.79. The van der Waals surface area contributed by atoms with Crippen molar-refractivity contribution < 1.29 is 0 Å². The lowest BCUT2D eigenvalue weighted by Crippen LogP contribution is -2.45. The van der Waals surface area contributed by atoms with E-state index in [4.69, 9.17) is 5.10 Å². The first kappa shape index (κ1) is 17.5. The zero-order valence-electron chi connectivity index (χ0n) is 16.8. The molecule has 0 saturated carbocycles. The van der Waals surface area contributed by atoms with Gasteiger partial charge in [0, 0.05) is 48.8 Å². The molecule has 1 N–H and O–H groups in total. The molecule has 0 bridgehead atoms. The first-order valence-corrected chi connectivity index (χ1v) is 10.7. The standard InChI is InChI=1S/C26H24N4/c1-3-10-23-21(8-1)22-9-2-4-11-24(22)26(23)29-13-15-30(16-14-29)28-18-19-17-27-25-12-6-5-7-20(19)25/h1-12,17-18,26-27H,13-16H2/b28-18-. The predicted octanol–water partition coefficient (Wildman–Crippen LogP) is 4.89. The van der Waals surface area contributed by atoms with Crippen molar-refractivity contribution in [3.63, 3.8) is 0 Å². The Labute approximate surface area is 176 Å². The first-order valence-electron chi connectivity index (χ1n) is 10.7. The van der Waals surface area contributed by atoms with Gasteiger partial charge in [-0.05, 0) is 28.3 Å². The molecule has 4 nitrogen and oxygen atoms in total. The van der Waals surface area contributed by atoms with Crippen molar-refractivity contribution in [2.24, 2.45) is 5.10 Å². The molecular formula is C26H24N4. The second-order valence-corrected chi connectivity index (χ2v) is 8.10. The van der Waals surface area contributed by atoms with Gasteiger partial charge in [0.25, 0.3) is 0 Å². The summed E-state index contributed by atoms with van der Waals surface area (Å²) < 4.78 is 0. The van der Waals surface area contributed by atoms with E-state index >= 15 is 0 Å². The van der Waals surface area contributed by atoms with Gasteiger partial charge in [0.05, 0.1) is 12.3 Å². The maximum Gasteiger partial charge on any atom is 0.0615 e. The highest BCUT2D eigenvalue weighted by Crippen LogP contribution is 2.46. The Morgan fingerprint density at radius 1 is 0.767 bits per heavy atom. The molecule has 2 heterocycles. The number of aromatic nitrogens is 1. The summed E-state index contributed by atoms with van der Waals surface area (Å²) in [6.07, 6.45) is 4.03. The fourth-order valence-electron chi connectivity index (χ4n) is 4.95. The minimum Gasteiger partial charge on any atom is -0.361 e. The van der Waals surface area contributed by atoms with E-state index in [1.54, 1.807) is 0 Å². The number of benzene rings is 3. The molecule has 0 amide bonds. The van der Waals surface area contributed by atoms with Crippen molar-refractivity contribution in [1.82, 2.24) is 14.9 Å². The van der Waals surface area contributed by atoms with Crippen molar-refractivity contribution in [1.29, 1.82) is 0 Å². The summed E-state index contributed by atoms with van der Waals surface area (Å²) in [4.78, 5) is 5.93. The SMILES string of the molecule is C(=N/N1CCN(C2c3ccccc3-c3ccccc32)CC1)/c1c[nH]c2ccccc12. The van der Waals surface area contributed by atoms with Gasteiger partial charge in [-0.3, -0.25) is 9.91 Å². The monoisotopic (exact) mass is 392 g/mol. The summed E-state index contributed by atoms with van der Waals surface area (Å²) >= 11 is 0. The number of piperazine rings is 1. The fraction of sp³-hybridized carbons (Fsp3) is 0.192. The van der Waals surface area contributed by atoms with Crippen LogP contribution in [0.5, 0.6) is 0 Å². The van der Waals surface area contributed by atoms with E-state index in [9.17, 15) is 0 Å². The van der Waals surface area contributed by atoms with Gasteiger partial charge < -0.3 is 4.98 Å². The van der Waals surface area contributed by atoms with Gasteiger partial charge >= 0.3 is 0 Å². The summed E-state index contributed by atoms with van der Waals surface area (Å²) in [7, 11) is 0. The largest absolute Gasteiger partial charge is 0.361 e. The summed E-state index contributed by atoms with van der Waals surface area (Å²) in [6.45, 7) is 3.91. The number of rotatable bonds is 3. The van der Waals surface area contributed by atoms with Crippen LogP contribution in [0.4, 0.5) is 0 Å². The Bertz CT molecular complexity index is 1190. The van der Waals surface area contributed by atoms with Gasteiger partial charge in [0.2, 0.25) is 0 Å². The molecule has 1 fully saturated rings. The van der Waals surface area contributed by atoms with E-state index in [1.165, 1.54) is 27.6 Å². The van der Waals surface area contributed by atoms with E-state index in [1.807, 2.05) is 12.4 Å². The predicted molar refractivity (Wildman–Crippen MR) is 123 cm³/mol. The van der Waals surface area contributed by atoms with E-state index in [-0.39, 0.29) is 0 Å². The van der Waals surface area contributed by atoms with E-state index in [0.29, 0.717) is 6.04 Å². The normalized spacial score (nSPS) is 17.0. The highest BCUT2D eigenvalue weighted by molar-refractivity contribution is 5.98. The fourth-order valence-corrected chi connectivity index (χ4v) is 4.95. The van der Waals surface area contributed by atoms with Crippen LogP contribution in [-0.2, 0) is 0 Å². The molecule has 1 aliphatic carbocycles.